The van der Waals surface area contributed by atoms with E-state index in [-0.39, 0.29) is 17.0 Å². The minimum absolute atomic E-state index is 0.0679. The zero-order valence-electron chi connectivity index (χ0n) is 15.7. The van der Waals surface area contributed by atoms with Crippen LogP contribution in [-0.2, 0) is 10.3 Å². The maximum Gasteiger partial charge on any atom is 0.220 e. The average molecular weight is 384 g/mol. The van der Waals surface area contributed by atoms with E-state index in [4.69, 9.17) is 4.74 Å². The zero-order valence-corrected chi connectivity index (χ0v) is 15.7. The molecule has 28 heavy (non-hydrogen) atoms. The van der Waals surface area contributed by atoms with Crippen molar-refractivity contribution in [2.45, 2.75) is 24.0 Å². The van der Waals surface area contributed by atoms with Gasteiger partial charge in [0.1, 0.15) is 11.4 Å². The minimum Gasteiger partial charge on any atom is -0.369 e. The first kappa shape index (κ1) is 19.0. The molecule has 5 rings (SSSR count). The number of hydrogen-bond donors (Lipinski definition) is 1. The summed E-state index contributed by atoms with van der Waals surface area (Å²) in [5.74, 6) is 5.02. The van der Waals surface area contributed by atoms with E-state index in [1.807, 2.05) is 0 Å². The zero-order chi connectivity index (χ0) is 19.8. The summed E-state index contributed by atoms with van der Waals surface area (Å²) in [6.07, 6.45) is 3.25. The summed E-state index contributed by atoms with van der Waals surface area (Å²) < 4.78 is 33.7. The number of aliphatic hydroxyl groups is 1. The van der Waals surface area contributed by atoms with Crippen molar-refractivity contribution in [1.29, 1.82) is 0 Å². The van der Waals surface area contributed by atoms with Crippen LogP contribution in [0, 0.1) is 29.5 Å². The standard InChI is InChI=1S/C22H22F2N2O2/c1-28-21(15-26-13-8-16(21)9-14-26)10-11-22(27,17-4-6-18(23)7-5-17)19-3-2-12-25-20(19)24/h2-7,12,16,27H,8-9,13-15H2,1H3/t21-,22?/m1/s1. The molecule has 3 aliphatic heterocycles. The second kappa shape index (κ2) is 7.25. The van der Waals surface area contributed by atoms with Crippen LogP contribution in [0.3, 0.4) is 0 Å². The average Bonchev–Trinajstić information content (AvgIpc) is 2.73. The van der Waals surface area contributed by atoms with E-state index in [0.29, 0.717) is 6.54 Å². The highest BCUT2D eigenvalue weighted by Gasteiger charge is 2.46. The third kappa shape index (κ3) is 3.20. The van der Waals surface area contributed by atoms with Crippen molar-refractivity contribution in [2.75, 3.05) is 26.7 Å². The fourth-order valence-electron chi connectivity index (χ4n) is 4.28. The Balaban J connectivity index is 1.83. The Morgan fingerprint density at radius 3 is 2.50 bits per heavy atom. The Hall–Kier alpha value is -2.33. The number of nitrogens with zero attached hydrogens (tertiary/aromatic N) is 2. The summed E-state index contributed by atoms with van der Waals surface area (Å²) >= 11 is 0. The molecule has 1 N–H and O–H groups in total. The predicted octanol–water partition coefficient (Wildman–Crippen LogP) is 2.71. The number of halogens is 2. The molecule has 4 heterocycles. The van der Waals surface area contributed by atoms with Crippen LogP contribution >= 0.6 is 0 Å². The molecule has 1 aromatic heterocycles. The number of pyridine rings is 1. The number of methoxy groups -OCH3 is 1. The van der Waals surface area contributed by atoms with Crippen molar-refractivity contribution < 1.29 is 18.6 Å². The van der Waals surface area contributed by atoms with Crippen molar-refractivity contribution >= 4 is 0 Å². The quantitative estimate of drug-likeness (QED) is 0.653. The van der Waals surface area contributed by atoms with Crippen molar-refractivity contribution in [3.8, 4) is 11.8 Å². The van der Waals surface area contributed by atoms with E-state index in [9.17, 15) is 13.9 Å². The second-order valence-corrected chi connectivity index (χ2v) is 7.45. The van der Waals surface area contributed by atoms with Crippen LogP contribution in [0.15, 0.2) is 42.6 Å². The number of benzene rings is 1. The maximum absolute atomic E-state index is 14.5. The fraction of sp³-hybridized carbons (Fsp3) is 0.409. The molecule has 6 heteroatoms. The number of piperidine rings is 3. The number of rotatable bonds is 3. The minimum atomic E-state index is -1.97. The van der Waals surface area contributed by atoms with Gasteiger partial charge in [-0.25, -0.2) is 9.37 Å². The molecule has 1 aromatic carbocycles. The Kier molecular flexibility index (Phi) is 4.92. The number of fused-ring (bicyclic) bond motifs is 3. The van der Waals surface area contributed by atoms with E-state index in [1.165, 1.54) is 42.6 Å². The maximum atomic E-state index is 14.5. The SMILES string of the molecule is CO[C@]1(C#CC(O)(c2ccc(F)cc2)c2cccnc2F)CN2CCC1CC2. The first-order valence-corrected chi connectivity index (χ1v) is 9.38. The molecule has 3 fully saturated rings. The molecule has 4 nitrogen and oxygen atoms in total. The molecule has 2 bridgehead atoms. The normalized spacial score (nSPS) is 28.3. The highest BCUT2D eigenvalue weighted by Crippen LogP contribution is 2.38. The molecule has 0 aliphatic carbocycles. The summed E-state index contributed by atoms with van der Waals surface area (Å²) in [6, 6.07) is 8.23. The lowest BCUT2D eigenvalue weighted by Gasteiger charge is -2.49. The van der Waals surface area contributed by atoms with Crippen LogP contribution in [0.1, 0.15) is 24.0 Å². The van der Waals surface area contributed by atoms with Gasteiger partial charge in [-0.3, -0.25) is 4.90 Å². The van der Waals surface area contributed by atoms with Gasteiger partial charge in [0.05, 0.1) is 5.56 Å². The van der Waals surface area contributed by atoms with Crippen molar-refractivity contribution in [3.63, 3.8) is 0 Å². The van der Waals surface area contributed by atoms with Gasteiger partial charge in [-0.05, 0) is 50.2 Å². The Morgan fingerprint density at radius 2 is 1.93 bits per heavy atom. The number of hydrogen-bond acceptors (Lipinski definition) is 4. The van der Waals surface area contributed by atoms with Crippen molar-refractivity contribution in [2.24, 2.45) is 5.92 Å². The molecule has 0 amide bonds. The molecule has 0 saturated carbocycles. The van der Waals surface area contributed by atoms with Gasteiger partial charge in [-0.15, -0.1) is 0 Å². The highest BCUT2D eigenvalue weighted by atomic mass is 19.1. The molecule has 3 saturated heterocycles. The number of ether oxygens (including phenoxy) is 1. The first-order valence-electron chi connectivity index (χ1n) is 9.38. The Morgan fingerprint density at radius 1 is 1.21 bits per heavy atom. The first-order chi connectivity index (χ1) is 13.5. The molecular formula is C22H22F2N2O2. The smallest absolute Gasteiger partial charge is 0.220 e. The highest BCUT2D eigenvalue weighted by molar-refractivity contribution is 5.45. The van der Waals surface area contributed by atoms with Gasteiger partial charge in [-0.1, -0.05) is 24.0 Å². The summed E-state index contributed by atoms with van der Waals surface area (Å²) in [4.78, 5) is 5.94. The van der Waals surface area contributed by atoms with Gasteiger partial charge < -0.3 is 9.84 Å². The monoisotopic (exact) mass is 384 g/mol. The Labute approximate surface area is 163 Å². The molecular weight excluding hydrogens is 362 g/mol. The van der Waals surface area contributed by atoms with Gasteiger partial charge in [0.15, 0.2) is 5.60 Å². The molecule has 146 valence electrons. The van der Waals surface area contributed by atoms with E-state index < -0.39 is 23.0 Å². The van der Waals surface area contributed by atoms with Crippen LogP contribution in [0.4, 0.5) is 8.78 Å². The van der Waals surface area contributed by atoms with Gasteiger partial charge in [0.25, 0.3) is 0 Å². The Bertz CT molecular complexity index is 916. The van der Waals surface area contributed by atoms with Crippen molar-refractivity contribution in [3.05, 3.63) is 65.5 Å². The van der Waals surface area contributed by atoms with Crippen LogP contribution in [0.25, 0.3) is 0 Å². The van der Waals surface area contributed by atoms with Gasteiger partial charge in [0, 0.05) is 31.3 Å². The second-order valence-electron chi connectivity index (χ2n) is 7.45. The van der Waals surface area contributed by atoms with Gasteiger partial charge in [-0.2, -0.15) is 4.39 Å². The molecule has 3 aliphatic rings. The molecule has 0 radical (unpaired) electrons. The summed E-state index contributed by atoms with van der Waals surface area (Å²) in [7, 11) is 1.62. The topological polar surface area (TPSA) is 45.6 Å². The van der Waals surface area contributed by atoms with Crippen LogP contribution in [-0.4, -0.2) is 47.3 Å². The summed E-state index contributed by atoms with van der Waals surface area (Å²) in [5, 5.41) is 11.5. The predicted molar refractivity (Wildman–Crippen MR) is 100 cm³/mol. The van der Waals surface area contributed by atoms with Crippen LogP contribution in [0.5, 0.6) is 0 Å². The largest absolute Gasteiger partial charge is 0.369 e. The molecule has 2 atom stereocenters. The lowest BCUT2D eigenvalue weighted by molar-refractivity contribution is -0.0964. The summed E-state index contributed by atoms with van der Waals surface area (Å²) in [5.41, 5.74) is -2.48. The lowest BCUT2D eigenvalue weighted by atomic mass is 9.75. The van der Waals surface area contributed by atoms with Crippen LogP contribution in [0.2, 0.25) is 0 Å². The molecule has 2 aromatic rings. The van der Waals surface area contributed by atoms with E-state index in [1.54, 1.807) is 7.11 Å². The van der Waals surface area contributed by atoms with Crippen LogP contribution < -0.4 is 0 Å². The summed E-state index contributed by atoms with van der Waals surface area (Å²) in [6.45, 7) is 2.67. The van der Waals surface area contributed by atoms with E-state index in [2.05, 4.69) is 21.7 Å². The lowest BCUT2D eigenvalue weighted by Crippen LogP contribution is -2.59. The van der Waals surface area contributed by atoms with Gasteiger partial charge >= 0.3 is 0 Å². The number of aromatic nitrogens is 1. The molecule has 0 spiro atoms. The fourth-order valence-corrected chi connectivity index (χ4v) is 4.28. The third-order valence-corrected chi connectivity index (χ3v) is 5.94. The molecule has 1 unspecified atom stereocenters. The van der Waals surface area contributed by atoms with Crippen molar-refractivity contribution in [1.82, 2.24) is 9.88 Å². The third-order valence-electron chi connectivity index (χ3n) is 5.94. The van der Waals surface area contributed by atoms with E-state index in [0.717, 1.165) is 25.9 Å². The van der Waals surface area contributed by atoms with E-state index >= 15 is 0 Å². The van der Waals surface area contributed by atoms with Gasteiger partial charge in [0.2, 0.25) is 5.95 Å².